The van der Waals surface area contributed by atoms with Crippen LogP contribution in [0, 0.1) is 12.7 Å². The second kappa shape index (κ2) is 9.80. The fraction of sp³-hybridized carbons (Fsp3) is 0.600. The van der Waals surface area contributed by atoms with Crippen LogP contribution in [0.15, 0.2) is 18.2 Å². The minimum atomic E-state index is -0.421. The zero-order valence-electron chi connectivity index (χ0n) is 16.8. The molecule has 7 heteroatoms. The molecule has 0 bridgehead atoms. The number of anilines is 1. The van der Waals surface area contributed by atoms with Crippen LogP contribution < -0.4 is 5.32 Å². The van der Waals surface area contributed by atoms with Crippen molar-refractivity contribution < 1.29 is 14.0 Å². The molecular formula is C20H31FN4O2. The number of halogens is 1. The number of hydrogen-bond donors (Lipinski definition) is 1. The van der Waals surface area contributed by atoms with E-state index in [9.17, 15) is 14.0 Å². The monoisotopic (exact) mass is 378 g/mol. The lowest BCUT2D eigenvalue weighted by Crippen LogP contribution is -2.54. The zero-order chi connectivity index (χ0) is 20.0. The third kappa shape index (κ3) is 5.74. The van der Waals surface area contributed by atoms with E-state index in [2.05, 4.69) is 15.1 Å². The van der Waals surface area contributed by atoms with Crippen LogP contribution >= 0.6 is 0 Å². The Balaban J connectivity index is 1.84. The molecule has 1 aromatic carbocycles. The highest BCUT2D eigenvalue weighted by atomic mass is 19.1. The van der Waals surface area contributed by atoms with Gasteiger partial charge in [0.1, 0.15) is 5.82 Å². The lowest BCUT2D eigenvalue weighted by molar-refractivity contribution is -0.133. The highest BCUT2D eigenvalue weighted by Crippen LogP contribution is 2.16. The van der Waals surface area contributed by atoms with Crippen LogP contribution in [0.5, 0.6) is 0 Å². The quantitative estimate of drug-likeness (QED) is 0.788. The lowest BCUT2D eigenvalue weighted by Gasteiger charge is -2.37. The van der Waals surface area contributed by atoms with E-state index < -0.39 is 5.82 Å². The summed E-state index contributed by atoms with van der Waals surface area (Å²) in [5.41, 5.74) is 1.02. The van der Waals surface area contributed by atoms with Crippen molar-refractivity contribution in [2.24, 2.45) is 0 Å². The van der Waals surface area contributed by atoms with Gasteiger partial charge in [0.25, 0.3) is 0 Å². The Morgan fingerprint density at radius 2 is 1.81 bits per heavy atom. The van der Waals surface area contributed by atoms with Gasteiger partial charge >= 0.3 is 0 Å². The number of benzene rings is 1. The first-order chi connectivity index (χ1) is 12.8. The molecule has 1 heterocycles. The highest BCUT2D eigenvalue weighted by Gasteiger charge is 2.27. The second-order valence-electron chi connectivity index (χ2n) is 7.03. The molecule has 0 radical (unpaired) electrons. The number of carbonyl (C=O) groups is 2. The Bertz CT molecular complexity index is 655. The van der Waals surface area contributed by atoms with E-state index >= 15 is 0 Å². The lowest BCUT2D eigenvalue weighted by atomic mass is 10.2. The first-order valence-corrected chi connectivity index (χ1v) is 9.66. The summed E-state index contributed by atoms with van der Waals surface area (Å²) in [7, 11) is 0. The summed E-state index contributed by atoms with van der Waals surface area (Å²) in [6, 6.07) is 4.42. The summed E-state index contributed by atoms with van der Waals surface area (Å²) in [6.45, 7) is 12.4. The fourth-order valence-corrected chi connectivity index (χ4v) is 3.30. The largest absolute Gasteiger partial charge is 0.342 e. The van der Waals surface area contributed by atoms with E-state index in [0.29, 0.717) is 19.6 Å². The van der Waals surface area contributed by atoms with Crippen LogP contribution in [-0.2, 0) is 9.59 Å². The van der Waals surface area contributed by atoms with Crippen molar-refractivity contribution in [3.63, 3.8) is 0 Å². The van der Waals surface area contributed by atoms with Crippen LogP contribution in [0.4, 0.5) is 10.1 Å². The summed E-state index contributed by atoms with van der Waals surface area (Å²) in [4.78, 5) is 30.7. The van der Waals surface area contributed by atoms with Crippen molar-refractivity contribution in [3.05, 3.63) is 29.6 Å². The van der Waals surface area contributed by atoms with E-state index in [-0.39, 0.29) is 23.5 Å². The molecule has 1 aromatic rings. The Morgan fingerprint density at radius 3 is 2.37 bits per heavy atom. The van der Waals surface area contributed by atoms with Crippen LogP contribution in [0.2, 0.25) is 0 Å². The maximum Gasteiger partial charge on any atom is 0.241 e. The number of piperazine rings is 1. The number of nitrogens with zero attached hydrogens (tertiary/aromatic N) is 3. The fourth-order valence-electron chi connectivity index (χ4n) is 3.30. The Morgan fingerprint density at radius 1 is 1.19 bits per heavy atom. The topological polar surface area (TPSA) is 55.9 Å². The van der Waals surface area contributed by atoms with Gasteiger partial charge < -0.3 is 10.2 Å². The second-order valence-corrected chi connectivity index (χ2v) is 7.03. The third-order valence-electron chi connectivity index (χ3n) is 5.19. The minimum Gasteiger partial charge on any atom is -0.342 e. The van der Waals surface area contributed by atoms with Gasteiger partial charge in [0.2, 0.25) is 11.8 Å². The normalized spacial score (nSPS) is 16.8. The average molecular weight is 378 g/mol. The van der Waals surface area contributed by atoms with E-state index in [0.717, 1.165) is 31.7 Å². The predicted octanol–water partition coefficient (Wildman–Crippen LogP) is 1.95. The number of amides is 2. The van der Waals surface area contributed by atoms with E-state index in [4.69, 9.17) is 0 Å². The number of likely N-dealkylation sites (N-methyl/N-ethyl adjacent to an activating group) is 1. The van der Waals surface area contributed by atoms with Crippen LogP contribution in [0.3, 0.4) is 0 Å². The van der Waals surface area contributed by atoms with Crippen molar-refractivity contribution in [2.75, 3.05) is 51.1 Å². The van der Waals surface area contributed by atoms with Gasteiger partial charge in [-0.3, -0.25) is 19.4 Å². The molecule has 0 aromatic heterocycles. The molecular weight excluding hydrogens is 347 g/mol. The standard InChI is InChI=1S/C20H31FN4O2/c1-5-24(6-2)19(26)14-23-9-11-25(12-10-23)16(4)20(27)22-18-8-7-15(3)13-17(18)21/h7-8,13,16H,5-6,9-12,14H2,1-4H3,(H,22,27). The smallest absolute Gasteiger partial charge is 0.241 e. The van der Waals surface area contributed by atoms with E-state index in [1.54, 1.807) is 12.1 Å². The molecule has 1 atom stereocenters. The number of rotatable bonds is 7. The molecule has 1 fully saturated rings. The van der Waals surface area contributed by atoms with Crippen molar-refractivity contribution >= 4 is 17.5 Å². The number of aryl methyl sites for hydroxylation is 1. The predicted molar refractivity (Wildman–Crippen MR) is 105 cm³/mol. The molecule has 1 saturated heterocycles. The molecule has 1 aliphatic heterocycles. The Labute approximate surface area is 161 Å². The molecule has 6 nitrogen and oxygen atoms in total. The third-order valence-corrected chi connectivity index (χ3v) is 5.19. The van der Waals surface area contributed by atoms with Crippen LogP contribution in [0.1, 0.15) is 26.3 Å². The number of carbonyl (C=O) groups excluding carboxylic acids is 2. The molecule has 150 valence electrons. The van der Waals surface area contributed by atoms with Crippen molar-refractivity contribution in [1.82, 2.24) is 14.7 Å². The van der Waals surface area contributed by atoms with Gasteiger partial charge in [0.05, 0.1) is 18.3 Å². The SMILES string of the molecule is CCN(CC)C(=O)CN1CCN(C(C)C(=O)Nc2ccc(C)cc2F)CC1. The first kappa shape index (κ1) is 21.3. The van der Waals surface area contributed by atoms with E-state index in [1.165, 1.54) is 6.07 Å². The van der Waals surface area contributed by atoms with Crippen molar-refractivity contribution in [3.8, 4) is 0 Å². The zero-order valence-corrected chi connectivity index (χ0v) is 16.8. The summed E-state index contributed by atoms with van der Waals surface area (Å²) >= 11 is 0. The first-order valence-electron chi connectivity index (χ1n) is 9.66. The molecule has 0 spiro atoms. The number of hydrogen-bond acceptors (Lipinski definition) is 4. The molecule has 1 aliphatic rings. The van der Waals surface area contributed by atoms with Gasteiger partial charge in [0, 0.05) is 39.3 Å². The molecule has 0 aliphatic carbocycles. The summed E-state index contributed by atoms with van der Waals surface area (Å²) in [5, 5.41) is 2.68. The van der Waals surface area contributed by atoms with Gasteiger partial charge in [-0.2, -0.15) is 0 Å². The number of nitrogens with one attached hydrogen (secondary N) is 1. The van der Waals surface area contributed by atoms with Gasteiger partial charge in [0.15, 0.2) is 0 Å². The van der Waals surface area contributed by atoms with E-state index in [1.807, 2.05) is 32.6 Å². The Hall–Kier alpha value is -1.99. The Kier molecular flexibility index (Phi) is 7.74. The van der Waals surface area contributed by atoms with Gasteiger partial charge in [-0.05, 0) is 45.4 Å². The van der Waals surface area contributed by atoms with Crippen LogP contribution in [-0.4, -0.2) is 78.4 Å². The summed E-state index contributed by atoms with van der Waals surface area (Å²) in [5.74, 6) is -0.491. The molecule has 2 amide bonds. The summed E-state index contributed by atoms with van der Waals surface area (Å²) in [6.07, 6.45) is 0. The van der Waals surface area contributed by atoms with Gasteiger partial charge in [-0.1, -0.05) is 6.07 Å². The van der Waals surface area contributed by atoms with Gasteiger partial charge in [-0.25, -0.2) is 4.39 Å². The highest BCUT2D eigenvalue weighted by molar-refractivity contribution is 5.94. The maximum atomic E-state index is 13.9. The molecule has 0 saturated carbocycles. The molecule has 2 rings (SSSR count). The average Bonchev–Trinajstić information content (AvgIpc) is 2.65. The van der Waals surface area contributed by atoms with Crippen molar-refractivity contribution in [1.29, 1.82) is 0 Å². The molecule has 1 N–H and O–H groups in total. The minimum absolute atomic E-state index is 0.147. The van der Waals surface area contributed by atoms with Crippen molar-refractivity contribution in [2.45, 2.75) is 33.7 Å². The summed E-state index contributed by atoms with van der Waals surface area (Å²) < 4.78 is 13.9. The van der Waals surface area contributed by atoms with Crippen LogP contribution in [0.25, 0.3) is 0 Å². The molecule has 1 unspecified atom stereocenters. The maximum absolute atomic E-state index is 13.9. The molecule has 27 heavy (non-hydrogen) atoms. The van der Waals surface area contributed by atoms with Gasteiger partial charge in [-0.15, -0.1) is 0 Å².